The Bertz CT molecular complexity index is 267. The summed E-state index contributed by atoms with van der Waals surface area (Å²) < 4.78 is 5.19. The Morgan fingerprint density at radius 1 is 1.57 bits per heavy atom. The van der Waals surface area contributed by atoms with Gasteiger partial charge in [0.05, 0.1) is 12.0 Å². The standard InChI is InChI=1S/C12H18O2/c1-2-14-11(13)12-7-3-5-10(9-12)6-4-8-12/h5H,2-4,6-9H2,1H3. The molecule has 2 aliphatic carbocycles. The first-order valence-electron chi connectivity index (χ1n) is 5.62. The van der Waals surface area contributed by atoms with Crippen LogP contribution in [0.3, 0.4) is 0 Å². The van der Waals surface area contributed by atoms with Crippen molar-refractivity contribution in [2.75, 3.05) is 6.61 Å². The SMILES string of the molecule is CCOC(=O)C12CCC=C(CCC1)C2. The Morgan fingerprint density at radius 2 is 2.43 bits per heavy atom. The van der Waals surface area contributed by atoms with Gasteiger partial charge >= 0.3 is 5.97 Å². The molecule has 2 bridgehead atoms. The number of hydrogen-bond acceptors (Lipinski definition) is 2. The van der Waals surface area contributed by atoms with E-state index in [4.69, 9.17) is 4.74 Å². The molecule has 0 aliphatic heterocycles. The van der Waals surface area contributed by atoms with Crippen LogP contribution in [0.5, 0.6) is 0 Å². The normalized spacial score (nSPS) is 30.8. The zero-order valence-corrected chi connectivity index (χ0v) is 8.84. The highest BCUT2D eigenvalue weighted by Crippen LogP contribution is 2.46. The van der Waals surface area contributed by atoms with Crippen molar-refractivity contribution >= 4 is 5.97 Å². The van der Waals surface area contributed by atoms with Gasteiger partial charge in [0.1, 0.15) is 0 Å². The number of rotatable bonds is 2. The fourth-order valence-electron chi connectivity index (χ4n) is 2.77. The topological polar surface area (TPSA) is 26.3 Å². The highest BCUT2D eigenvalue weighted by molar-refractivity contribution is 5.77. The molecule has 0 aromatic heterocycles. The molecule has 0 radical (unpaired) electrons. The Balaban J connectivity index is 2.14. The molecule has 1 saturated carbocycles. The van der Waals surface area contributed by atoms with E-state index < -0.39 is 0 Å². The Hall–Kier alpha value is -0.790. The summed E-state index contributed by atoms with van der Waals surface area (Å²) in [6, 6.07) is 0. The number of allylic oxidation sites excluding steroid dienone is 2. The van der Waals surface area contributed by atoms with Crippen LogP contribution in [0.25, 0.3) is 0 Å². The molecule has 0 saturated heterocycles. The molecule has 78 valence electrons. The summed E-state index contributed by atoms with van der Waals surface area (Å²) in [4.78, 5) is 11.9. The molecule has 0 aromatic carbocycles. The van der Waals surface area contributed by atoms with Crippen LogP contribution in [0.4, 0.5) is 0 Å². The van der Waals surface area contributed by atoms with E-state index in [0.29, 0.717) is 6.61 Å². The lowest BCUT2D eigenvalue weighted by Gasteiger charge is -2.38. The van der Waals surface area contributed by atoms with Crippen LogP contribution >= 0.6 is 0 Å². The fourth-order valence-corrected chi connectivity index (χ4v) is 2.77. The van der Waals surface area contributed by atoms with E-state index in [1.165, 1.54) is 12.0 Å². The monoisotopic (exact) mass is 194 g/mol. The molecular formula is C12H18O2. The summed E-state index contributed by atoms with van der Waals surface area (Å²) in [5, 5.41) is 0. The molecule has 1 atom stereocenters. The maximum Gasteiger partial charge on any atom is 0.312 e. The van der Waals surface area contributed by atoms with Crippen molar-refractivity contribution in [3.8, 4) is 0 Å². The van der Waals surface area contributed by atoms with E-state index in [-0.39, 0.29) is 11.4 Å². The van der Waals surface area contributed by atoms with Crippen LogP contribution in [0.2, 0.25) is 0 Å². The van der Waals surface area contributed by atoms with Crippen molar-refractivity contribution in [1.29, 1.82) is 0 Å². The smallest absolute Gasteiger partial charge is 0.312 e. The average Bonchev–Trinajstić information content (AvgIpc) is 2.18. The summed E-state index contributed by atoms with van der Waals surface area (Å²) in [5.41, 5.74) is 1.34. The Kier molecular flexibility index (Phi) is 2.62. The molecule has 0 heterocycles. The molecular weight excluding hydrogens is 176 g/mol. The Labute approximate surface area is 85.3 Å². The van der Waals surface area contributed by atoms with Gasteiger partial charge in [-0.15, -0.1) is 0 Å². The Morgan fingerprint density at radius 3 is 3.21 bits per heavy atom. The lowest BCUT2D eigenvalue weighted by molar-refractivity contribution is -0.157. The second-order valence-electron chi connectivity index (χ2n) is 4.43. The minimum absolute atomic E-state index is 0.0466. The number of carbonyl (C=O) groups is 1. The minimum atomic E-state index is -0.141. The maximum absolute atomic E-state index is 11.9. The summed E-state index contributed by atoms with van der Waals surface area (Å²) in [7, 11) is 0. The summed E-state index contributed by atoms with van der Waals surface area (Å²) in [6.07, 6.45) is 8.72. The first kappa shape index (κ1) is 9.75. The zero-order valence-electron chi connectivity index (χ0n) is 8.84. The van der Waals surface area contributed by atoms with E-state index in [9.17, 15) is 4.79 Å². The van der Waals surface area contributed by atoms with Gasteiger partial charge in [-0.05, 0) is 45.4 Å². The molecule has 0 aromatic rings. The van der Waals surface area contributed by atoms with E-state index in [1.807, 2.05) is 6.92 Å². The fraction of sp³-hybridized carbons (Fsp3) is 0.750. The van der Waals surface area contributed by atoms with Gasteiger partial charge in [0, 0.05) is 0 Å². The number of hydrogen-bond donors (Lipinski definition) is 0. The van der Waals surface area contributed by atoms with E-state index in [0.717, 1.165) is 32.1 Å². The molecule has 2 rings (SSSR count). The molecule has 1 unspecified atom stereocenters. The first-order valence-corrected chi connectivity index (χ1v) is 5.62. The zero-order chi connectivity index (χ0) is 10.0. The van der Waals surface area contributed by atoms with Gasteiger partial charge in [-0.3, -0.25) is 4.79 Å². The number of esters is 1. The molecule has 14 heavy (non-hydrogen) atoms. The number of fused-ring (bicyclic) bond motifs is 2. The largest absolute Gasteiger partial charge is 0.466 e. The van der Waals surface area contributed by atoms with Crippen LogP contribution in [-0.2, 0) is 9.53 Å². The molecule has 2 heteroatoms. The van der Waals surface area contributed by atoms with Crippen molar-refractivity contribution in [2.45, 2.75) is 45.4 Å². The van der Waals surface area contributed by atoms with Gasteiger partial charge in [0.2, 0.25) is 0 Å². The predicted molar refractivity (Wildman–Crippen MR) is 54.9 cm³/mol. The second kappa shape index (κ2) is 3.76. The van der Waals surface area contributed by atoms with E-state index in [2.05, 4.69) is 6.08 Å². The van der Waals surface area contributed by atoms with Crippen LogP contribution in [0, 0.1) is 5.41 Å². The van der Waals surface area contributed by atoms with Crippen LogP contribution < -0.4 is 0 Å². The molecule has 0 amide bonds. The second-order valence-corrected chi connectivity index (χ2v) is 4.43. The third kappa shape index (κ3) is 1.58. The molecule has 0 spiro atoms. The van der Waals surface area contributed by atoms with E-state index >= 15 is 0 Å². The van der Waals surface area contributed by atoms with Crippen molar-refractivity contribution in [3.05, 3.63) is 11.6 Å². The lowest BCUT2D eigenvalue weighted by atomic mass is 9.66. The van der Waals surface area contributed by atoms with Crippen LogP contribution in [0.15, 0.2) is 11.6 Å². The quantitative estimate of drug-likeness (QED) is 0.499. The molecule has 2 nitrogen and oxygen atoms in total. The van der Waals surface area contributed by atoms with E-state index in [1.54, 1.807) is 0 Å². The average molecular weight is 194 g/mol. The van der Waals surface area contributed by atoms with Crippen LogP contribution in [0.1, 0.15) is 45.4 Å². The van der Waals surface area contributed by atoms with Gasteiger partial charge in [-0.1, -0.05) is 11.6 Å². The predicted octanol–water partition coefficient (Wildman–Crippen LogP) is 2.83. The summed E-state index contributed by atoms with van der Waals surface area (Å²) in [5.74, 6) is 0.0466. The lowest BCUT2D eigenvalue weighted by Crippen LogP contribution is -2.37. The number of ether oxygens (including phenoxy) is 1. The van der Waals surface area contributed by atoms with Gasteiger partial charge in [0.15, 0.2) is 0 Å². The minimum Gasteiger partial charge on any atom is -0.466 e. The van der Waals surface area contributed by atoms with Gasteiger partial charge in [0.25, 0.3) is 0 Å². The van der Waals surface area contributed by atoms with Crippen molar-refractivity contribution in [1.82, 2.24) is 0 Å². The third-order valence-electron chi connectivity index (χ3n) is 3.48. The summed E-state index contributed by atoms with van der Waals surface area (Å²) >= 11 is 0. The molecule has 1 fully saturated rings. The molecule has 2 aliphatic rings. The first-order chi connectivity index (χ1) is 6.77. The highest BCUT2D eigenvalue weighted by atomic mass is 16.5. The highest BCUT2D eigenvalue weighted by Gasteiger charge is 2.43. The molecule has 0 N–H and O–H groups in total. The van der Waals surface area contributed by atoms with Gasteiger partial charge < -0.3 is 4.74 Å². The van der Waals surface area contributed by atoms with Crippen molar-refractivity contribution in [2.24, 2.45) is 5.41 Å². The summed E-state index contributed by atoms with van der Waals surface area (Å²) in [6.45, 7) is 2.40. The maximum atomic E-state index is 11.9. The van der Waals surface area contributed by atoms with Crippen molar-refractivity contribution < 1.29 is 9.53 Å². The van der Waals surface area contributed by atoms with Gasteiger partial charge in [-0.2, -0.15) is 0 Å². The number of carbonyl (C=O) groups excluding carboxylic acids is 1. The van der Waals surface area contributed by atoms with Crippen molar-refractivity contribution in [3.63, 3.8) is 0 Å². The van der Waals surface area contributed by atoms with Gasteiger partial charge in [-0.25, -0.2) is 0 Å². The third-order valence-corrected chi connectivity index (χ3v) is 3.48. The van der Waals surface area contributed by atoms with Crippen LogP contribution in [-0.4, -0.2) is 12.6 Å².